The molecule has 1 nitrogen and oxygen atoms in total. The van der Waals surface area contributed by atoms with Gasteiger partial charge in [-0.05, 0) is 53.6 Å². The van der Waals surface area contributed by atoms with Crippen LogP contribution >= 0.6 is 0 Å². The van der Waals surface area contributed by atoms with Gasteiger partial charge >= 0.3 is 0 Å². The Bertz CT molecular complexity index is 636. The van der Waals surface area contributed by atoms with Gasteiger partial charge in [-0.3, -0.25) is 0 Å². The lowest BCUT2D eigenvalue weighted by atomic mass is 10.0. The molecule has 4 rings (SSSR count). The van der Waals surface area contributed by atoms with Crippen LogP contribution < -0.4 is 5.32 Å². The summed E-state index contributed by atoms with van der Waals surface area (Å²) >= 11 is 0. The van der Waals surface area contributed by atoms with Crippen LogP contribution in [0.1, 0.15) is 49.7 Å². The summed E-state index contributed by atoms with van der Waals surface area (Å²) in [7, 11) is 0. The number of anilines is 1. The van der Waals surface area contributed by atoms with Crippen molar-refractivity contribution in [1.29, 1.82) is 0 Å². The minimum Gasteiger partial charge on any atom is -0.382 e. The molecular formula is C20H23N. The van der Waals surface area contributed by atoms with Crippen molar-refractivity contribution in [2.24, 2.45) is 0 Å². The number of fused-ring (bicyclic) bond motifs is 3. The number of nitrogens with one attached hydrogen (secondary N) is 1. The largest absolute Gasteiger partial charge is 0.382 e. The Balaban J connectivity index is 1.55. The molecule has 0 atom stereocenters. The molecule has 0 heterocycles. The predicted molar refractivity (Wildman–Crippen MR) is 89.8 cm³/mol. The molecule has 2 aromatic carbocycles. The average molecular weight is 277 g/mol. The predicted octanol–water partition coefficient (Wildman–Crippen LogP) is 5.39. The Morgan fingerprint density at radius 3 is 2.38 bits per heavy atom. The molecule has 0 spiro atoms. The maximum atomic E-state index is 3.78. The topological polar surface area (TPSA) is 12.0 Å². The molecular weight excluding hydrogens is 254 g/mol. The minimum absolute atomic E-state index is 0.675. The summed E-state index contributed by atoms with van der Waals surface area (Å²) < 4.78 is 0. The van der Waals surface area contributed by atoms with Crippen LogP contribution in [0.2, 0.25) is 0 Å². The molecule has 21 heavy (non-hydrogen) atoms. The molecule has 1 N–H and O–H groups in total. The van der Waals surface area contributed by atoms with Gasteiger partial charge in [-0.15, -0.1) is 0 Å². The zero-order chi connectivity index (χ0) is 14.1. The molecule has 0 bridgehead atoms. The second-order valence-corrected chi connectivity index (χ2v) is 6.54. The third kappa shape index (κ3) is 2.57. The van der Waals surface area contributed by atoms with Crippen molar-refractivity contribution in [3.63, 3.8) is 0 Å². The number of rotatable bonds is 2. The van der Waals surface area contributed by atoms with Gasteiger partial charge in [0.25, 0.3) is 0 Å². The molecule has 0 aromatic heterocycles. The average Bonchev–Trinajstić information content (AvgIpc) is 2.67. The Morgan fingerprint density at radius 2 is 1.52 bits per heavy atom. The lowest BCUT2D eigenvalue weighted by molar-refractivity contribution is 0.620. The maximum Gasteiger partial charge on any atom is 0.0345 e. The normalized spacial score (nSPS) is 17.9. The second kappa shape index (κ2) is 5.55. The van der Waals surface area contributed by atoms with E-state index in [9.17, 15) is 0 Å². The van der Waals surface area contributed by atoms with Gasteiger partial charge in [0.05, 0.1) is 0 Å². The Hall–Kier alpha value is -1.76. The molecule has 0 aliphatic heterocycles. The zero-order valence-electron chi connectivity index (χ0n) is 12.6. The van der Waals surface area contributed by atoms with Crippen LogP contribution in [0.5, 0.6) is 0 Å². The zero-order valence-corrected chi connectivity index (χ0v) is 12.6. The molecule has 0 saturated heterocycles. The van der Waals surface area contributed by atoms with Crippen LogP contribution in [0.25, 0.3) is 11.1 Å². The monoisotopic (exact) mass is 277 g/mol. The third-order valence-electron chi connectivity index (χ3n) is 5.02. The molecule has 0 unspecified atom stereocenters. The third-order valence-corrected chi connectivity index (χ3v) is 5.02. The summed E-state index contributed by atoms with van der Waals surface area (Å²) in [6.45, 7) is 0. The van der Waals surface area contributed by atoms with Gasteiger partial charge in [-0.25, -0.2) is 0 Å². The number of hydrogen-bond acceptors (Lipinski definition) is 1. The first-order chi connectivity index (χ1) is 10.4. The van der Waals surface area contributed by atoms with Gasteiger partial charge in [-0.1, -0.05) is 56.0 Å². The van der Waals surface area contributed by atoms with E-state index in [1.807, 2.05) is 0 Å². The van der Waals surface area contributed by atoms with E-state index in [4.69, 9.17) is 0 Å². The lowest BCUT2D eigenvalue weighted by Gasteiger charge is -2.18. The molecule has 1 fully saturated rings. The van der Waals surface area contributed by atoms with Crippen LogP contribution in [0.3, 0.4) is 0 Å². The van der Waals surface area contributed by atoms with Crippen LogP contribution in [0, 0.1) is 0 Å². The van der Waals surface area contributed by atoms with Crippen molar-refractivity contribution in [3.8, 4) is 11.1 Å². The van der Waals surface area contributed by atoms with Crippen molar-refractivity contribution < 1.29 is 0 Å². The van der Waals surface area contributed by atoms with Gasteiger partial charge in [0.2, 0.25) is 0 Å². The highest BCUT2D eigenvalue weighted by Gasteiger charge is 2.18. The maximum absolute atomic E-state index is 3.78. The SMILES string of the molecule is c1ccc2c(c1)Cc1cc(NC3CCCCCC3)ccc1-2. The summed E-state index contributed by atoms with van der Waals surface area (Å²) in [4.78, 5) is 0. The first-order valence-corrected chi connectivity index (χ1v) is 8.38. The fourth-order valence-corrected chi connectivity index (χ4v) is 3.89. The van der Waals surface area contributed by atoms with Gasteiger partial charge in [0.1, 0.15) is 0 Å². The van der Waals surface area contributed by atoms with E-state index in [-0.39, 0.29) is 0 Å². The molecule has 0 radical (unpaired) electrons. The quantitative estimate of drug-likeness (QED) is 0.619. The van der Waals surface area contributed by atoms with Gasteiger partial charge in [0.15, 0.2) is 0 Å². The molecule has 2 aromatic rings. The molecule has 1 saturated carbocycles. The number of benzene rings is 2. The first-order valence-electron chi connectivity index (χ1n) is 8.38. The van der Waals surface area contributed by atoms with E-state index in [2.05, 4.69) is 47.8 Å². The molecule has 2 aliphatic rings. The van der Waals surface area contributed by atoms with Gasteiger partial charge in [-0.2, -0.15) is 0 Å². The Labute approximate surface area is 127 Å². The van der Waals surface area contributed by atoms with Crippen molar-refractivity contribution >= 4 is 5.69 Å². The second-order valence-electron chi connectivity index (χ2n) is 6.54. The molecule has 0 amide bonds. The molecule has 1 heteroatoms. The first kappa shape index (κ1) is 12.9. The van der Waals surface area contributed by atoms with Crippen LogP contribution in [0.4, 0.5) is 5.69 Å². The number of hydrogen-bond donors (Lipinski definition) is 1. The Morgan fingerprint density at radius 1 is 0.762 bits per heavy atom. The van der Waals surface area contributed by atoms with E-state index < -0.39 is 0 Å². The van der Waals surface area contributed by atoms with E-state index in [0.29, 0.717) is 6.04 Å². The van der Waals surface area contributed by atoms with Gasteiger partial charge < -0.3 is 5.32 Å². The minimum atomic E-state index is 0.675. The van der Waals surface area contributed by atoms with Crippen molar-refractivity contribution in [2.45, 2.75) is 51.0 Å². The fraction of sp³-hybridized carbons (Fsp3) is 0.400. The van der Waals surface area contributed by atoms with Gasteiger partial charge in [0, 0.05) is 11.7 Å². The van der Waals surface area contributed by atoms with E-state index in [0.717, 1.165) is 6.42 Å². The van der Waals surface area contributed by atoms with E-state index in [1.165, 1.54) is 66.5 Å². The molecule has 108 valence electrons. The summed E-state index contributed by atoms with van der Waals surface area (Å²) in [5.74, 6) is 0. The summed E-state index contributed by atoms with van der Waals surface area (Å²) in [6, 6.07) is 16.4. The lowest BCUT2D eigenvalue weighted by Crippen LogP contribution is -2.18. The summed E-state index contributed by atoms with van der Waals surface area (Å²) in [6.07, 6.45) is 9.35. The fourth-order valence-electron chi connectivity index (χ4n) is 3.89. The van der Waals surface area contributed by atoms with Crippen molar-refractivity contribution in [2.75, 3.05) is 5.32 Å². The van der Waals surface area contributed by atoms with Crippen molar-refractivity contribution in [1.82, 2.24) is 0 Å². The molecule has 2 aliphatic carbocycles. The highest BCUT2D eigenvalue weighted by atomic mass is 14.9. The Kier molecular flexibility index (Phi) is 3.42. The summed E-state index contributed by atoms with van der Waals surface area (Å²) in [5.41, 5.74) is 7.12. The smallest absolute Gasteiger partial charge is 0.0345 e. The van der Waals surface area contributed by atoms with E-state index in [1.54, 1.807) is 0 Å². The highest BCUT2D eigenvalue weighted by molar-refractivity contribution is 5.78. The standard InChI is InChI=1S/C20H23N/c1-2-4-9-17(8-3-1)21-18-11-12-20-16(14-18)13-15-7-5-6-10-19(15)20/h5-7,10-12,14,17,21H,1-4,8-9,13H2. The summed E-state index contributed by atoms with van der Waals surface area (Å²) in [5, 5.41) is 3.78. The highest BCUT2D eigenvalue weighted by Crippen LogP contribution is 2.37. The van der Waals surface area contributed by atoms with Crippen LogP contribution in [0.15, 0.2) is 42.5 Å². The van der Waals surface area contributed by atoms with Crippen molar-refractivity contribution in [3.05, 3.63) is 53.6 Å². The van der Waals surface area contributed by atoms with Crippen LogP contribution in [-0.2, 0) is 6.42 Å². The van der Waals surface area contributed by atoms with E-state index >= 15 is 0 Å². The van der Waals surface area contributed by atoms with Crippen LogP contribution in [-0.4, -0.2) is 6.04 Å².